The van der Waals surface area contributed by atoms with E-state index in [2.05, 4.69) is 32.2 Å². The maximum absolute atomic E-state index is 13.0. The van der Waals surface area contributed by atoms with E-state index in [1.165, 1.54) is 5.56 Å². The summed E-state index contributed by atoms with van der Waals surface area (Å²) in [5, 5.41) is 10.2. The zero-order valence-electron chi connectivity index (χ0n) is 15.3. The number of para-hydroxylation sites is 1. The van der Waals surface area contributed by atoms with Crippen LogP contribution < -0.4 is 5.56 Å². The van der Waals surface area contributed by atoms with Gasteiger partial charge in [0.25, 0.3) is 5.56 Å². The van der Waals surface area contributed by atoms with E-state index >= 15 is 0 Å². The van der Waals surface area contributed by atoms with Gasteiger partial charge in [-0.15, -0.1) is 10.2 Å². The Balaban J connectivity index is 1.80. The second kappa shape index (κ2) is 8.46. The van der Waals surface area contributed by atoms with Gasteiger partial charge in [0.1, 0.15) is 0 Å². The average Bonchev–Trinajstić information content (AvgIpc) is 3.14. The number of hydrogen-bond donors (Lipinski definition) is 0. The molecule has 6 nitrogen and oxygen atoms in total. The smallest absolute Gasteiger partial charge is 0.262 e. The topological polar surface area (TPSA) is 61.4 Å². The predicted molar refractivity (Wildman–Crippen MR) is 115 cm³/mol. The number of benzene rings is 2. The van der Waals surface area contributed by atoms with Crippen molar-refractivity contribution in [3.63, 3.8) is 0 Å². The van der Waals surface area contributed by atoms with Gasteiger partial charge in [0, 0.05) is 30.5 Å². The maximum atomic E-state index is 13.0. The minimum Gasteiger partial charge on any atom is -0.385 e. The lowest BCUT2D eigenvalue weighted by Crippen LogP contribution is -2.24. The van der Waals surface area contributed by atoms with Crippen molar-refractivity contribution < 1.29 is 4.74 Å². The number of ether oxygens (including phenoxy) is 1. The van der Waals surface area contributed by atoms with Crippen molar-refractivity contribution in [2.75, 3.05) is 13.7 Å². The van der Waals surface area contributed by atoms with Crippen molar-refractivity contribution in [3.8, 4) is 0 Å². The molecule has 0 N–H and O–H groups in total. The standard InChI is InChI=1S/C20H19BrN4O2S/c1-27-12-6-11-24-18(26)15-8-3-5-10-17(15)25-19(24)22-23-20(25)28-13-14-7-2-4-9-16(14)21/h2-5,7-10H,6,11-13H2,1H3. The van der Waals surface area contributed by atoms with Crippen molar-refractivity contribution in [3.05, 3.63) is 68.9 Å². The highest BCUT2D eigenvalue weighted by Crippen LogP contribution is 2.27. The van der Waals surface area contributed by atoms with Crippen LogP contribution in [0.4, 0.5) is 0 Å². The fourth-order valence-corrected chi connectivity index (χ4v) is 4.71. The van der Waals surface area contributed by atoms with Crippen LogP contribution in [0.15, 0.2) is 63.0 Å². The molecule has 4 rings (SSSR count). The Kier molecular flexibility index (Phi) is 5.79. The summed E-state index contributed by atoms with van der Waals surface area (Å²) in [5.41, 5.74) is 1.96. The normalized spacial score (nSPS) is 11.5. The molecule has 8 heteroatoms. The highest BCUT2D eigenvalue weighted by atomic mass is 79.9. The van der Waals surface area contributed by atoms with Crippen LogP contribution in [0.25, 0.3) is 16.7 Å². The molecule has 0 spiro atoms. The van der Waals surface area contributed by atoms with E-state index in [0.717, 1.165) is 27.3 Å². The highest BCUT2D eigenvalue weighted by Gasteiger charge is 2.16. The van der Waals surface area contributed by atoms with Crippen molar-refractivity contribution in [1.82, 2.24) is 19.2 Å². The Morgan fingerprint density at radius 3 is 2.71 bits per heavy atom. The van der Waals surface area contributed by atoms with Crippen LogP contribution in [0.1, 0.15) is 12.0 Å². The van der Waals surface area contributed by atoms with Crippen molar-refractivity contribution in [2.24, 2.45) is 0 Å². The Bertz CT molecular complexity index is 1190. The van der Waals surface area contributed by atoms with Gasteiger partial charge in [-0.05, 0) is 30.2 Å². The van der Waals surface area contributed by atoms with Crippen molar-refractivity contribution >= 4 is 44.4 Å². The molecule has 4 aromatic rings. The number of methoxy groups -OCH3 is 1. The zero-order chi connectivity index (χ0) is 19.5. The lowest BCUT2D eigenvalue weighted by Gasteiger charge is -2.11. The summed E-state index contributed by atoms with van der Waals surface area (Å²) in [6.45, 7) is 1.12. The predicted octanol–water partition coefficient (Wildman–Crippen LogP) is 4.14. The molecule has 0 unspecified atom stereocenters. The minimum atomic E-state index is -0.0473. The van der Waals surface area contributed by atoms with Crippen LogP contribution in [0.3, 0.4) is 0 Å². The molecule has 0 radical (unpaired) electrons. The SMILES string of the molecule is COCCCn1c(=O)c2ccccc2n2c(SCc3ccccc3Br)nnc12. The Hall–Kier alpha value is -2.16. The van der Waals surface area contributed by atoms with Crippen LogP contribution in [0.2, 0.25) is 0 Å². The fraction of sp³-hybridized carbons (Fsp3) is 0.250. The lowest BCUT2D eigenvalue weighted by molar-refractivity contribution is 0.190. The van der Waals surface area contributed by atoms with Gasteiger partial charge in [-0.25, -0.2) is 0 Å². The van der Waals surface area contributed by atoms with E-state index in [9.17, 15) is 4.79 Å². The summed E-state index contributed by atoms with van der Waals surface area (Å²) in [6, 6.07) is 15.7. The highest BCUT2D eigenvalue weighted by molar-refractivity contribution is 9.10. The maximum Gasteiger partial charge on any atom is 0.262 e. The quantitative estimate of drug-likeness (QED) is 0.307. The molecule has 0 aliphatic rings. The molecule has 0 saturated heterocycles. The van der Waals surface area contributed by atoms with Crippen LogP contribution in [0.5, 0.6) is 0 Å². The second-order valence-corrected chi connectivity index (χ2v) is 8.12. The van der Waals surface area contributed by atoms with Gasteiger partial charge in [-0.1, -0.05) is 58.0 Å². The van der Waals surface area contributed by atoms with Gasteiger partial charge in [0.2, 0.25) is 5.78 Å². The van der Waals surface area contributed by atoms with Crippen molar-refractivity contribution in [2.45, 2.75) is 23.9 Å². The third-order valence-corrected chi connectivity index (χ3v) is 6.27. The number of nitrogens with zero attached hydrogens (tertiary/aromatic N) is 4. The first-order valence-corrected chi connectivity index (χ1v) is 10.7. The summed E-state index contributed by atoms with van der Waals surface area (Å²) in [7, 11) is 1.66. The summed E-state index contributed by atoms with van der Waals surface area (Å²) in [5.74, 6) is 1.31. The van der Waals surface area contributed by atoms with E-state index in [1.54, 1.807) is 23.4 Å². The number of aromatic nitrogens is 4. The van der Waals surface area contributed by atoms with Crippen LogP contribution in [-0.2, 0) is 17.0 Å². The second-order valence-electron chi connectivity index (χ2n) is 6.32. The van der Waals surface area contributed by atoms with Crippen LogP contribution in [-0.4, -0.2) is 32.9 Å². The molecular formula is C20H19BrN4O2S. The molecule has 0 bridgehead atoms. The number of halogens is 1. The molecule has 0 fully saturated rings. The van der Waals surface area contributed by atoms with Gasteiger partial charge in [-0.2, -0.15) is 0 Å². The molecule has 0 aliphatic carbocycles. The van der Waals surface area contributed by atoms with E-state index in [1.807, 2.05) is 46.9 Å². The Morgan fingerprint density at radius 1 is 1.11 bits per heavy atom. The molecule has 0 saturated carbocycles. The van der Waals surface area contributed by atoms with Gasteiger partial charge < -0.3 is 4.74 Å². The Morgan fingerprint density at radius 2 is 1.89 bits per heavy atom. The monoisotopic (exact) mass is 458 g/mol. The van der Waals surface area contributed by atoms with E-state index in [0.29, 0.717) is 24.3 Å². The van der Waals surface area contributed by atoms with Crippen LogP contribution in [0, 0.1) is 0 Å². The molecule has 28 heavy (non-hydrogen) atoms. The molecule has 2 aromatic carbocycles. The third-order valence-electron chi connectivity index (χ3n) is 4.52. The molecule has 144 valence electrons. The molecule has 2 aromatic heterocycles. The summed E-state index contributed by atoms with van der Waals surface area (Å²) < 4.78 is 9.88. The summed E-state index contributed by atoms with van der Waals surface area (Å²) in [4.78, 5) is 13.0. The Labute approximate surface area is 174 Å². The number of hydrogen-bond acceptors (Lipinski definition) is 5. The zero-order valence-corrected chi connectivity index (χ0v) is 17.7. The van der Waals surface area contributed by atoms with Gasteiger partial charge >= 0.3 is 0 Å². The third kappa shape index (κ3) is 3.59. The summed E-state index contributed by atoms with van der Waals surface area (Å²) in [6.07, 6.45) is 0.733. The molecule has 2 heterocycles. The fourth-order valence-electron chi connectivity index (χ4n) is 3.15. The largest absolute Gasteiger partial charge is 0.385 e. The number of rotatable bonds is 7. The van der Waals surface area contributed by atoms with Crippen LogP contribution >= 0.6 is 27.7 Å². The average molecular weight is 459 g/mol. The van der Waals surface area contributed by atoms with E-state index in [4.69, 9.17) is 4.74 Å². The lowest BCUT2D eigenvalue weighted by atomic mass is 10.2. The number of fused-ring (bicyclic) bond motifs is 3. The number of aryl methyl sites for hydroxylation is 1. The van der Waals surface area contributed by atoms with Crippen molar-refractivity contribution in [1.29, 1.82) is 0 Å². The number of thioether (sulfide) groups is 1. The molecular weight excluding hydrogens is 440 g/mol. The first-order valence-electron chi connectivity index (χ1n) is 8.92. The summed E-state index contributed by atoms with van der Waals surface area (Å²) >= 11 is 5.19. The van der Waals surface area contributed by atoms with Gasteiger partial charge in [-0.3, -0.25) is 13.8 Å². The van der Waals surface area contributed by atoms with Gasteiger partial charge in [0.15, 0.2) is 5.16 Å². The molecule has 0 amide bonds. The molecule has 0 atom stereocenters. The first kappa shape index (κ1) is 19.2. The van der Waals surface area contributed by atoms with E-state index in [-0.39, 0.29) is 5.56 Å². The van der Waals surface area contributed by atoms with Gasteiger partial charge in [0.05, 0.1) is 10.9 Å². The minimum absolute atomic E-state index is 0.0473. The first-order chi connectivity index (χ1) is 13.7. The van der Waals surface area contributed by atoms with E-state index < -0.39 is 0 Å². The molecule has 0 aliphatic heterocycles.